The van der Waals surface area contributed by atoms with Crippen LogP contribution < -0.4 is 9.47 Å². The first-order valence-corrected chi connectivity index (χ1v) is 19.3. The normalized spacial score (nSPS) is 23.8. The van der Waals surface area contributed by atoms with Crippen molar-refractivity contribution in [2.24, 2.45) is 11.8 Å². The molecule has 6 rings (SSSR count). The first kappa shape index (κ1) is 41.5. The van der Waals surface area contributed by atoms with Gasteiger partial charge in [-0.15, -0.1) is 0 Å². The highest BCUT2D eigenvalue weighted by Crippen LogP contribution is 2.67. The second-order valence-corrected chi connectivity index (χ2v) is 16.2. The number of esters is 2. The van der Waals surface area contributed by atoms with E-state index in [1.165, 1.54) is 54.4 Å². The van der Waals surface area contributed by atoms with Gasteiger partial charge < -0.3 is 38.6 Å². The number of benzene rings is 2. The molecule has 296 valence electrons. The smallest absolute Gasteiger partial charge is 0.333 e. The van der Waals surface area contributed by atoms with Crippen LogP contribution in [-0.4, -0.2) is 87.2 Å². The number of aliphatic hydroxyl groups excluding tert-OH is 2. The van der Waals surface area contributed by atoms with Crippen molar-refractivity contribution in [3.63, 3.8) is 0 Å². The molecule has 4 saturated carbocycles. The standard InChI is InChI=1S/C44H60O10/c1-27(2)41(47)51-15-13-49-22-35(45)24-53-39-11-9-37(29(5)31(39)7)43-18-33-17-34(19-43)21-44(20-33,26-43)38-10-12-40(32(8)30(38)6)54-25-36(46)23-50-14-16-52-42(48)28(3)4/h9-12,33-36,45-46H,1,3,13-26H2,2,4-8H3. The van der Waals surface area contributed by atoms with Gasteiger partial charge in [0.05, 0.1) is 26.4 Å². The Kier molecular flexibility index (Phi) is 13.7. The van der Waals surface area contributed by atoms with E-state index in [0.717, 1.165) is 29.0 Å². The van der Waals surface area contributed by atoms with Crippen molar-refractivity contribution in [3.8, 4) is 11.5 Å². The average Bonchev–Trinajstić information content (AvgIpc) is 3.11. The average molecular weight is 749 g/mol. The van der Waals surface area contributed by atoms with E-state index in [2.05, 4.69) is 65.1 Å². The van der Waals surface area contributed by atoms with Gasteiger partial charge in [0.15, 0.2) is 0 Å². The molecule has 0 amide bonds. The molecule has 4 aliphatic rings. The SMILES string of the molecule is C=C(C)C(=O)OCCOCC(O)COc1ccc(C23CC4CC(C2)CC(c2ccc(OCC(O)COCCOC(=O)C(=C)C)c(C)c2C)(C4)C3)c(C)c1C. The van der Waals surface area contributed by atoms with Gasteiger partial charge in [0.2, 0.25) is 0 Å². The number of hydrogen-bond acceptors (Lipinski definition) is 10. The maximum Gasteiger partial charge on any atom is 0.333 e. The lowest BCUT2D eigenvalue weighted by Crippen LogP contribution is -2.56. The highest BCUT2D eigenvalue weighted by Gasteiger charge is 2.59. The van der Waals surface area contributed by atoms with Crippen LogP contribution in [0.5, 0.6) is 11.5 Å². The van der Waals surface area contributed by atoms with Crippen LogP contribution in [0.25, 0.3) is 0 Å². The van der Waals surface area contributed by atoms with Gasteiger partial charge in [-0.3, -0.25) is 0 Å². The molecule has 2 aromatic carbocycles. The summed E-state index contributed by atoms with van der Waals surface area (Å²) >= 11 is 0. The van der Waals surface area contributed by atoms with Crippen LogP contribution in [0, 0.1) is 39.5 Å². The predicted molar refractivity (Wildman–Crippen MR) is 206 cm³/mol. The van der Waals surface area contributed by atoms with E-state index in [4.69, 9.17) is 28.4 Å². The first-order chi connectivity index (χ1) is 25.6. The minimum absolute atomic E-state index is 0.0788. The van der Waals surface area contributed by atoms with E-state index in [1.54, 1.807) is 13.8 Å². The third-order valence-corrected chi connectivity index (χ3v) is 11.8. The second-order valence-electron chi connectivity index (χ2n) is 16.2. The van der Waals surface area contributed by atoms with Crippen LogP contribution in [0.4, 0.5) is 0 Å². The van der Waals surface area contributed by atoms with Crippen molar-refractivity contribution in [3.05, 3.63) is 82.0 Å². The molecule has 4 fully saturated rings. The molecule has 0 spiro atoms. The van der Waals surface area contributed by atoms with Gasteiger partial charge in [-0.05, 0) is 148 Å². The Hall–Kier alpha value is -3.70. The van der Waals surface area contributed by atoms with Crippen LogP contribution in [0.3, 0.4) is 0 Å². The summed E-state index contributed by atoms with van der Waals surface area (Å²) in [5, 5.41) is 21.0. The van der Waals surface area contributed by atoms with Gasteiger partial charge in [0, 0.05) is 11.1 Å². The largest absolute Gasteiger partial charge is 0.491 e. The maximum atomic E-state index is 11.5. The fourth-order valence-corrected chi connectivity index (χ4v) is 9.49. The minimum Gasteiger partial charge on any atom is -0.491 e. The molecule has 2 atom stereocenters. The Bertz CT molecular complexity index is 1560. The van der Waals surface area contributed by atoms with Crippen LogP contribution in [-0.2, 0) is 39.4 Å². The number of carbonyl (C=O) groups is 2. The van der Waals surface area contributed by atoms with E-state index in [0.29, 0.717) is 23.0 Å². The van der Waals surface area contributed by atoms with Crippen molar-refractivity contribution in [2.75, 3.05) is 52.9 Å². The lowest BCUT2D eigenvalue weighted by atomic mass is 9.41. The molecule has 54 heavy (non-hydrogen) atoms. The van der Waals surface area contributed by atoms with Gasteiger partial charge in [-0.2, -0.15) is 0 Å². The van der Waals surface area contributed by atoms with Gasteiger partial charge >= 0.3 is 11.9 Å². The predicted octanol–water partition coefficient (Wildman–Crippen LogP) is 6.46. The molecule has 2 unspecified atom stereocenters. The van der Waals surface area contributed by atoms with E-state index >= 15 is 0 Å². The van der Waals surface area contributed by atoms with Crippen molar-refractivity contribution in [1.29, 1.82) is 0 Å². The Morgan fingerprint density at radius 3 is 1.41 bits per heavy atom. The quantitative estimate of drug-likeness (QED) is 0.0885. The Morgan fingerprint density at radius 2 is 1.04 bits per heavy atom. The number of carbonyl (C=O) groups excluding carboxylic acids is 2. The first-order valence-electron chi connectivity index (χ1n) is 19.3. The molecule has 0 radical (unpaired) electrons. The van der Waals surface area contributed by atoms with E-state index in [1.807, 2.05) is 0 Å². The highest BCUT2D eigenvalue weighted by atomic mass is 16.6. The molecule has 4 bridgehead atoms. The number of ether oxygens (including phenoxy) is 6. The van der Waals surface area contributed by atoms with Gasteiger partial charge in [0.25, 0.3) is 0 Å². The summed E-state index contributed by atoms with van der Waals surface area (Å²) < 4.78 is 33.2. The Morgan fingerprint density at radius 1 is 0.648 bits per heavy atom. The molecule has 2 aromatic rings. The fourth-order valence-electron chi connectivity index (χ4n) is 9.49. The van der Waals surface area contributed by atoms with Gasteiger partial charge in [-0.25, -0.2) is 9.59 Å². The molecule has 0 saturated heterocycles. The van der Waals surface area contributed by atoms with Crippen LogP contribution >= 0.6 is 0 Å². The number of hydrogen-bond donors (Lipinski definition) is 2. The van der Waals surface area contributed by atoms with Crippen LogP contribution in [0.15, 0.2) is 48.6 Å². The zero-order valence-corrected chi connectivity index (χ0v) is 33.1. The Labute approximate surface area is 320 Å². The molecule has 10 nitrogen and oxygen atoms in total. The summed E-state index contributed by atoms with van der Waals surface area (Å²) in [6.07, 6.45) is 5.61. The van der Waals surface area contributed by atoms with Crippen molar-refractivity contribution < 1.29 is 48.2 Å². The molecule has 0 aliphatic heterocycles. The van der Waals surface area contributed by atoms with E-state index < -0.39 is 24.1 Å². The van der Waals surface area contributed by atoms with Crippen molar-refractivity contribution in [2.45, 2.75) is 103 Å². The molecule has 0 aromatic heterocycles. The summed E-state index contributed by atoms with van der Waals surface area (Å²) in [6.45, 7) is 19.9. The lowest BCUT2D eigenvalue weighted by Gasteiger charge is -2.63. The monoisotopic (exact) mass is 748 g/mol. The number of rotatable bonds is 20. The maximum absolute atomic E-state index is 11.5. The van der Waals surface area contributed by atoms with Gasteiger partial charge in [-0.1, -0.05) is 25.3 Å². The summed E-state index contributed by atoms with van der Waals surface area (Å²) in [7, 11) is 0. The van der Waals surface area contributed by atoms with Crippen molar-refractivity contribution in [1.82, 2.24) is 0 Å². The molecule has 10 heteroatoms. The van der Waals surface area contributed by atoms with Crippen LogP contribution in [0.2, 0.25) is 0 Å². The van der Waals surface area contributed by atoms with E-state index in [-0.39, 0.29) is 63.7 Å². The molecule has 2 N–H and O–H groups in total. The number of aliphatic hydroxyl groups is 2. The third-order valence-electron chi connectivity index (χ3n) is 11.8. The fraction of sp³-hybridized carbons (Fsp3) is 0.591. The molecule has 4 aliphatic carbocycles. The van der Waals surface area contributed by atoms with E-state index in [9.17, 15) is 19.8 Å². The topological polar surface area (TPSA) is 130 Å². The second kappa shape index (κ2) is 17.8. The highest BCUT2D eigenvalue weighted by molar-refractivity contribution is 5.87. The summed E-state index contributed by atoms with van der Waals surface area (Å²) in [6, 6.07) is 8.70. The minimum atomic E-state index is -0.816. The summed E-state index contributed by atoms with van der Waals surface area (Å²) in [4.78, 5) is 23.0. The summed E-state index contributed by atoms with van der Waals surface area (Å²) in [5.74, 6) is 1.98. The lowest BCUT2D eigenvalue weighted by molar-refractivity contribution is -0.141. The third kappa shape index (κ3) is 9.56. The van der Waals surface area contributed by atoms with Crippen LogP contribution in [0.1, 0.15) is 85.8 Å². The van der Waals surface area contributed by atoms with Gasteiger partial charge in [0.1, 0.15) is 50.1 Å². The van der Waals surface area contributed by atoms with Crippen molar-refractivity contribution >= 4 is 11.9 Å². The molecular weight excluding hydrogens is 688 g/mol. The zero-order chi connectivity index (χ0) is 39.2. The summed E-state index contributed by atoms with van der Waals surface area (Å²) in [5.41, 5.74) is 8.46. The molecule has 0 heterocycles. The zero-order valence-electron chi connectivity index (χ0n) is 33.1. The molecular formula is C44H60O10. The Balaban J connectivity index is 1.20.